The molecule has 3 N–H and O–H groups in total. The Labute approximate surface area is 182 Å². The fourth-order valence-corrected chi connectivity index (χ4v) is 3.59. The number of anilines is 2. The van der Waals surface area contributed by atoms with Crippen molar-refractivity contribution in [2.45, 2.75) is 20.3 Å². The molecule has 0 aliphatic rings. The average molecular weight is 449 g/mol. The van der Waals surface area contributed by atoms with E-state index in [9.17, 15) is 19.2 Å². The highest BCUT2D eigenvalue weighted by molar-refractivity contribution is 7.18. The first-order chi connectivity index (χ1) is 14.9. The molecule has 0 aliphatic heterocycles. The van der Waals surface area contributed by atoms with Crippen molar-refractivity contribution in [1.82, 2.24) is 15.3 Å². The van der Waals surface area contributed by atoms with Crippen LogP contribution in [0.1, 0.15) is 38.9 Å². The van der Waals surface area contributed by atoms with Gasteiger partial charge in [-0.3, -0.25) is 14.4 Å². The first kappa shape index (κ1) is 23.7. The van der Waals surface area contributed by atoms with Gasteiger partial charge in [0.15, 0.2) is 6.61 Å². The first-order valence-electron chi connectivity index (χ1n) is 9.36. The van der Waals surface area contributed by atoms with E-state index in [1.807, 2.05) is 0 Å². The molecule has 12 heteroatoms. The highest BCUT2D eigenvalue weighted by Gasteiger charge is 2.26. The van der Waals surface area contributed by atoms with E-state index in [0.29, 0.717) is 11.5 Å². The molecule has 0 atom stereocenters. The molecule has 2 rings (SSSR count). The molecular weight excluding hydrogens is 426 g/mol. The van der Waals surface area contributed by atoms with Gasteiger partial charge in [-0.05, 0) is 25.5 Å². The van der Waals surface area contributed by atoms with E-state index < -0.39 is 30.4 Å². The molecule has 2 aromatic heterocycles. The summed E-state index contributed by atoms with van der Waals surface area (Å²) < 4.78 is 9.96. The first-order valence-corrected chi connectivity index (χ1v) is 10.2. The standard InChI is InChI=1S/C19H23N5O6S/c1-4-29-18(28)14-11(2)15(16(27)20-3)31-17(14)24-12(25)10-30-13(26)6-9-23-19-21-7-5-8-22-19/h5,7-8H,4,6,9-10H2,1-3H3,(H,20,27)(H,24,25)(H,21,22,23). The number of hydrogen-bond donors (Lipinski definition) is 3. The fraction of sp³-hybridized carbons (Fsp3) is 0.368. The monoisotopic (exact) mass is 449 g/mol. The molecule has 2 amide bonds. The predicted octanol–water partition coefficient (Wildman–Crippen LogP) is 1.37. The number of carbonyl (C=O) groups is 4. The molecule has 2 heterocycles. The minimum absolute atomic E-state index is 0.00145. The van der Waals surface area contributed by atoms with Crippen LogP contribution in [0, 0.1) is 6.92 Å². The van der Waals surface area contributed by atoms with Crippen molar-refractivity contribution >= 4 is 46.0 Å². The van der Waals surface area contributed by atoms with Crippen LogP contribution >= 0.6 is 11.3 Å². The predicted molar refractivity (Wildman–Crippen MR) is 113 cm³/mol. The topological polar surface area (TPSA) is 149 Å². The molecule has 0 bridgehead atoms. The lowest BCUT2D eigenvalue weighted by Crippen LogP contribution is -2.22. The zero-order valence-corrected chi connectivity index (χ0v) is 18.1. The van der Waals surface area contributed by atoms with Gasteiger partial charge in [-0.2, -0.15) is 0 Å². The molecule has 0 spiro atoms. The van der Waals surface area contributed by atoms with Crippen LogP contribution in [0.2, 0.25) is 0 Å². The Morgan fingerprint density at radius 1 is 1.13 bits per heavy atom. The van der Waals surface area contributed by atoms with Crippen LogP contribution in [0.5, 0.6) is 0 Å². The van der Waals surface area contributed by atoms with Crippen molar-refractivity contribution in [3.05, 3.63) is 34.5 Å². The van der Waals surface area contributed by atoms with Gasteiger partial charge in [-0.25, -0.2) is 14.8 Å². The van der Waals surface area contributed by atoms with E-state index in [2.05, 4.69) is 25.9 Å². The van der Waals surface area contributed by atoms with Gasteiger partial charge in [0.2, 0.25) is 5.95 Å². The SMILES string of the molecule is CCOC(=O)c1c(NC(=O)COC(=O)CCNc2ncccn2)sc(C(=O)NC)c1C. The Kier molecular flexibility index (Phi) is 8.88. The maximum absolute atomic E-state index is 12.3. The number of hydrogen-bond acceptors (Lipinski definition) is 10. The second-order valence-corrected chi connectivity index (χ2v) is 7.04. The van der Waals surface area contributed by atoms with Crippen molar-refractivity contribution in [1.29, 1.82) is 0 Å². The zero-order chi connectivity index (χ0) is 22.8. The van der Waals surface area contributed by atoms with Gasteiger partial charge >= 0.3 is 11.9 Å². The fourth-order valence-electron chi connectivity index (χ4n) is 2.43. The van der Waals surface area contributed by atoms with Crippen molar-refractivity contribution in [2.24, 2.45) is 0 Å². The number of nitrogens with zero attached hydrogens (tertiary/aromatic N) is 2. The molecule has 0 fully saturated rings. The summed E-state index contributed by atoms with van der Waals surface area (Å²) in [5, 5.41) is 7.99. The van der Waals surface area contributed by atoms with E-state index in [-0.39, 0.29) is 35.0 Å². The lowest BCUT2D eigenvalue weighted by atomic mass is 10.1. The molecule has 31 heavy (non-hydrogen) atoms. The summed E-state index contributed by atoms with van der Waals surface area (Å²) in [4.78, 5) is 56.6. The highest BCUT2D eigenvalue weighted by Crippen LogP contribution is 2.33. The summed E-state index contributed by atoms with van der Waals surface area (Å²) in [6.07, 6.45) is 3.12. The zero-order valence-electron chi connectivity index (χ0n) is 17.3. The van der Waals surface area contributed by atoms with Gasteiger partial charge in [0.05, 0.1) is 23.5 Å². The number of thiophene rings is 1. The molecule has 2 aromatic rings. The summed E-state index contributed by atoms with van der Waals surface area (Å²) in [5.74, 6) is -1.93. The third-order valence-corrected chi connectivity index (χ3v) is 5.06. The van der Waals surface area contributed by atoms with Crippen LogP contribution in [-0.4, -0.2) is 60.5 Å². The van der Waals surface area contributed by atoms with E-state index in [4.69, 9.17) is 9.47 Å². The number of carbonyl (C=O) groups excluding carboxylic acids is 4. The van der Waals surface area contributed by atoms with Crippen LogP contribution in [-0.2, 0) is 19.1 Å². The lowest BCUT2D eigenvalue weighted by molar-refractivity contribution is -0.147. The molecule has 0 saturated carbocycles. The summed E-state index contributed by atoms with van der Waals surface area (Å²) in [7, 11) is 1.46. The number of amides is 2. The molecule has 0 aliphatic carbocycles. The van der Waals surface area contributed by atoms with Crippen LogP contribution in [0.4, 0.5) is 10.9 Å². The van der Waals surface area contributed by atoms with Crippen molar-refractivity contribution in [2.75, 3.05) is 37.4 Å². The van der Waals surface area contributed by atoms with Gasteiger partial charge in [-0.1, -0.05) is 0 Å². The molecule has 166 valence electrons. The second kappa shape index (κ2) is 11.6. The number of ether oxygens (including phenoxy) is 2. The molecule has 0 aromatic carbocycles. The summed E-state index contributed by atoms with van der Waals surface area (Å²) in [6.45, 7) is 3.06. The Morgan fingerprint density at radius 2 is 1.84 bits per heavy atom. The van der Waals surface area contributed by atoms with Crippen molar-refractivity contribution in [3.63, 3.8) is 0 Å². The smallest absolute Gasteiger partial charge is 0.341 e. The van der Waals surface area contributed by atoms with Gasteiger partial charge < -0.3 is 25.4 Å². The Morgan fingerprint density at radius 3 is 2.48 bits per heavy atom. The van der Waals surface area contributed by atoms with Crippen molar-refractivity contribution < 1.29 is 28.7 Å². The van der Waals surface area contributed by atoms with Crippen LogP contribution in [0.15, 0.2) is 18.5 Å². The maximum Gasteiger partial charge on any atom is 0.341 e. The number of rotatable bonds is 10. The quantitative estimate of drug-likeness (QED) is 0.457. The Balaban J connectivity index is 1.93. The van der Waals surface area contributed by atoms with Crippen molar-refractivity contribution in [3.8, 4) is 0 Å². The minimum atomic E-state index is -0.659. The molecule has 0 radical (unpaired) electrons. The van der Waals surface area contributed by atoms with Gasteiger partial charge in [0, 0.05) is 26.0 Å². The lowest BCUT2D eigenvalue weighted by Gasteiger charge is -2.08. The largest absolute Gasteiger partial charge is 0.462 e. The molecular formula is C19H23N5O6S. The van der Waals surface area contributed by atoms with E-state index in [1.54, 1.807) is 32.3 Å². The molecule has 0 saturated heterocycles. The van der Waals surface area contributed by atoms with E-state index in [1.165, 1.54) is 7.05 Å². The van der Waals surface area contributed by atoms with Crippen LogP contribution in [0.3, 0.4) is 0 Å². The van der Waals surface area contributed by atoms with Gasteiger partial charge in [0.1, 0.15) is 5.00 Å². The summed E-state index contributed by atoms with van der Waals surface area (Å²) >= 11 is 0.938. The normalized spacial score (nSPS) is 10.2. The Hall–Kier alpha value is -3.54. The Bertz CT molecular complexity index is 947. The van der Waals surface area contributed by atoms with Gasteiger partial charge in [0.25, 0.3) is 11.8 Å². The number of aromatic nitrogens is 2. The minimum Gasteiger partial charge on any atom is -0.462 e. The average Bonchev–Trinajstić information content (AvgIpc) is 3.08. The highest BCUT2D eigenvalue weighted by atomic mass is 32.1. The number of nitrogens with one attached hydrogen (secondary N) is 3. The van der Waals surface area contributed by atoms with E-state index in [0.717, 1.165) is 11.3 Å². The third kappa shape index (κ3) is 6.74. The summed E-state index contributed by atoms with van der Waals surface area (Å²) in [5.41, 5.74) is 0.487. The molecule has 0 unspecified atom stereocenters. The van der Waals surface area contributed by atoms with Crippen LogP contribution < -0.4 is 16.0 Å². The molecule has 11 nitrogen and oxygen atoms in total. The maximum atomic E-state index is 12.3. The third-order valence-electron chi connectivity index (χ3n) is 3.85. The second-order valence-electron chi connectivity index (χ2n) is 6.02. The van der Waals surface area contributed by atoms with Crippen LogP contribution in [0.25, 0.3) is 0 Å². The number of esters is 2. The summed E-state index contributed by atoms with van der Waals surface area (Å²) in [6, 6.07) is 1.66. The van der Waals surface area contributed by atoms with E-state index >= 15 is 0 Å². The van der Waals surface area contributed by atoms with Gasteiger partial charge in [-0.15, -0.1) is 11.3 Å².